The topological polar surface area (TPSA) is 29.9 Å². The second-order valence-corrected chi connectivity index (χ2v) is 4.91. The van der Waals surface area contributed by atoms with Crippen molar-refractivity contribution in [1.82, 2.24) is 15.1 Å². The summed E-state index contributed by atoms with van der Waals surface area (Å²) in [6, 6.07) is 2.10. The van der Waals surface area contributed by atoms with Gasteiger partial charge < -0.3 is 5.32 Å². The fourth-order valence-electron chi connectivity index (χ4n) is 1.64. The minimum absolute atomic E-state index is 0.944. The van der Waals surface area contributed by atoms with Crippen LogP contribution in [0.15, 0.2) is 12.3 Å². The Bertz CT molecular complexity index is 273. The Hall–Kier alpha value is -0.480. The molecule has 0 spiro atoms. The number of unbranched alkanes of at least 4 members (excludes halogenated alkanes) is 1. The number of thioether (sulfide) groups is 1. The SMILES string of the molecule is CCCn1nccc1CNCCCCSC. The van der Waals surface area contributed by atoms with Crippen LogP contribution in [0, 0.1) is 0 Å². The molecule has 1 aromatic heterocycles. The summed E-state index contributed by atoms with van der Waals surface area (Å²) in [5.74, 6) is 1.27. The highest BCUT2D eigenvalue weighted by atomic mass is 32.2. The Morgan fingerprint density at radius 2 is 2.31 bits per heavy atom. The predicted octanol–water partition coefficient (Wildman–Crippen LogP) is 2.53. The van der Waals surface area contributed by atoms with Gasteiger partial charge in [0.25, 0.3) is 0 Å². The lowest BCUT2D eigenvalue weighted by Gasteiger charge is -2.07. The van der Waals surface area contributed by atoms with E-state index in [2.05, 4.69) is 34.3 Å². The highest BCUT2D eigenvalue weighted by Crippen LogP contribution is 2.01. The van der Waals surface area contributed by atoms with Crippen molar-refractivity contribution in [3.63, 3.8) is 0 Å². The molecule has 0 aliphatic heterocycles. The van der Waals surface area contributed by atoms with E-state index in [1.54, 1.807) is 0 Å². The number of nitrogens with zero attached hydrogens (tertiary/aromatic N) is 2. The maximum absolute atomic E-state index is 4.31. The summed E-state index contributed by atoms with van der Waals surface area (Å²) >= 11 is 1.92. The molecule has 0 aromatic carbocycles. The Labute approximate surface area is 103 Å². The van der Waals surface area contributed by atoms with Gasteiger partial charge in [0, 0.05) is 19.3 Å². The van der Waals surface area contributed by atoms with Gasteiger partial charge in [0.05, 0.1) is 5.69 Å². The zero-order chi connectivity index (χ0) is 11.6. The number of nitrogens with one attached hydrogen (secondary N) is 1. The maximum Gasteiger partial charge on any atom is 0.0522 e. The molecule has 0 bridgehead atoms. The summed E-state index contributed by atoms with van der Waals surface area (Å²) in [6.45, 7) is 5.26. The van der Waals surface area contributed by atoms with Crippen LogP contribution in [-0.2, 0) is 13.1 Å². The van der Waals surface area contributed by atoms with Crippen molar-refractivity contribution in [3.8, 4) is 0 Å². The fourth-order valence-corrected chi connectivity index (χ4v) is 2.13. The Morgan fingerprint density at radius 3 is 3.06 bits per heavy atom. The molecule has 92 valence electrons. The average molecular weight is 241 g/mol. The number of hydrogen-bond acceptors (Lipinski definition) is 3. The number of aromatic nitrogens is 2. The zero-order valence-electron chi connectivity index (χ0n) is 10.4. The van der Waals surface area contributed by atoms with E-state index in [1.165, 1.54) is 24.3 Å². The molecule has 0 aliphatic carbocycles. The van der Waals surface area contributed by atoms with Crippen LogP contribution >= 0.6 is 11.8 Å². The third-order valence-electron chi connectivity index (χ3n) is 2.50. The van der Waals surface area contributed by atoms with Crippen LogP contribution < -0.4 is 5.32 Å². The highest BCUT2D eigenvalue weighted by Gasteiger charge is 2.00. The minimum Gasteiger partial charge on any atom is -0.311 e. The first-order valence-electron chi connectivity index (χ1n) is 6.08. The first kappa shape index (κ1) is 13.6. The fraction of sp³-hybridized carbons (Fsp3) is 0.750. The minimum atomic E-state index is 0.944. The van der Waals surface area contributed by atoms with Gasteiger partial charge in [-0.3, -0.25) is 4.68 Å². The molecule has 16 heavy (non-hydrogen) atoms. The first-order chi connectivity index (χ1) is 7.88. The zero-order valence-corrected chi connectivity index (χ0v) is 11.2. The van der Waals surface area contributed by atoms with Crippen molar-refractivity contribution < 1.29 is 0 Å². The molecule has 0 aliphatic rings. The largest absolute Gasteiger partial charge is 0.311 e. The summed E-state index contributed by atoms with van der Waals surface area (Å²) < 4.78 is 2.09. The van der Waals surface area contributed by atoms with Crippen LogP contribution in [0.4, 0.5) is 0 Å². The Kier molecular flexibility index (Phi) is 7.34. The van der Waals surface area contributed by atoms with Crippen LogP contribution in [0.5, 0.6) is 0 Å². The quantitative estimate of drug-likeness (QED) is 0.674. The van der Waals surface area contributed by atoms with E-state index in [-0.39, 0.29) is 0 Å². The van der Waals surface area contributed by atoms with Gasteiger partial charge in [-0.1, -0.05) is 6.92 Å². The second-order valence-electron chi connectivity index (χ2n) is 3.92. The highest BCUT2D eigenvalue weighted by molar-refractivity contribution is 7.98. The summed E-state index contributed by atoms with van der Waals surface area (Å²) in [7, 11) is 0. The van der Waals surface area contributed by atoms with Crippen molar-refractivity contribution in [3.05, 3.63) is 18.0 Å². The maximum atomic E-state index is 4.31. The molecule has 4 heteroatoms. The lowest BCUT2D eigenvalue weighted by molar-refractivity contribution is 0.545. The van der Waals surface area contributed by atoms with Crippen LogP contribution in [0.2, 0.25) is 0 Å². The molecule has 0 atom stereocenters. The summed E-state index contributed by atoms with van der Waals surface area (Å²) in [6.07, 6.45) is 7.77. The molecule has 3 nitrogen and oxygen atoms in total. The molecule has 0 amide bonds. The van der Waals surface area contributed by atoms with Gasteiger partial charge in [-0.25, -0.2) is 0 Å². The Balaban J connectivity index is 2.13. The third-order valence-corrected chi connectivity index (χ3v) is 3.19. The van der Waals surface area contributed by atoms with Crippen molar-refractivity contribution in [2.75, 3.05) is 18.6 Å². The molecule has 0 unspecified atom stereocenters. The van der Waals surface area contributed by atoms with E-state index in [0.29, 0.717) is 0 Å². The molecule has 1 aromatic rings. The van der Waals surface area contributed by atoms with E-state index < -0.39 is 0 Å². The van der Waals surface area contributed by atoms with Gasteiger partial charge in [-0.05, 0) is 43.9 Å². The monoisotopic (exact) mass is 241 g/mol. The van der Waals surface area contributed by atoms with Crippen molar-refractivity contribution >= 4 is 11.8 Å². The van der Waals surface area contributed by atoms with E-state index in [0.717, 1.165) is 26.1 Å². The average Bonchev–Trinajstić information content (AvgIpc) is 2.72. The number of aryl methyl sites for hydroxylation is 1. The normalized spacial score (nSPS) is 10.9. The van der Waals surface area contributed by atoms with Gasteiger partial charge in [0.15, 0.2) is 0 Å². The molecule has 0 fully saturated rings. The molecule has 1 N–H and O–H groups in total. The van der Waals surface area contributed by atoms with Gasteiger partial charge >= 0.3 is 0 Å². The van der Waals surface area contributed by atoms with Crippen molar-refractivity contribution in [2.45, 2.75) is 39.3 Å². The number of hydrogen-bond donors (Lipinski definition) is 1. The van der Waals surface area contributed by atoms with Crippen molar-refractivity contribution in [2.24, 2.45) is 0 Å². The standard InChI is InChI=1S/C12H23N3S/c1-3-9-15-12(6-8-14-15)11-13-7-4-5-10-16-2/h6,8,13H,3-5,7,9-11H2,1-2H3. The molecule has 0 saturated heterocycles. The molecule has 1 rings (SSSR count). The third kappa shape index (κ3) is 5.03. The van der Waals surface area contributed by atoms with E-state index in [4.69, 9.17) is 0 Å². The van der Waals surface area contributed by atoms with E-state index in [1.807, 2.05) is 18.0 Å². The van der Waals surface area contributed by atoms with Gasteiger partial charge in [-0.2, -0.15) is 16.9 Å². The molecular weight excluding hydrogens is 218 g/mol. The lowest BCUT2D eigenvalue weighted by Crippen LogP contribution is -2.18. The summed E-state index contributed by atoms with van der Waals surface area (Å²) in [5, 5.41) is 7.78. The summed E-state index contributed by atoms with van der Waals surface area (Å²) in [4.78, 5) is 0. The van der Waals surface area contributed by atoms with Crippen LogP contribution in [-0.4, -0.2) is 28.3 Å². The van der Waals surface area contributed by atoms with Gasteiger partial charge in [-0.15, -0.1) is 0 Å². The molecule has 0 saturated carbocycles. The van der Waals surface area contributed by atoms with E-state index >= 15 is 0 Å². The number of rotatable bonds is 9. The second kappa shape index (κ2) is 8.65. The Morgan fingerprint density at radius 1 is 1.44 bits per heavy atom. The van der Waals surface area contributed by atoms with Crippen LogP contribution in [0.25, 0.3) is 0 Å². The summed E-state index contributed by atoms with van der Waals surface area (Å²) in [5.41, 5.74) is 1.30. The molecular formula is C12H23N3S. The first-order valence-corrected chi connectivity index (χ1v) is 7.48. The lowest BCUT2D eigenvalue weighted by atomic mass is 10.3. The smallest absolute Gasteiger partial charge is 0.0522 e. The predicted molar refractivity (Wildman–Crippen MR) is 71.8 cm³/mol. The van der Waals surface area contributed by atoms with Gasteiger partial charge in [0.1, 0.15) is 0 Å². The van der Waals surface area contributed by atoms with E-state index in [9.17, 15) is 0 Å². The van der Waals surface area contributed by atoms with Crippen molar-refractivity contribution in [1.29, 1.82) is 0 Å². The van der Waals surface area contributed by atoms with Crippen LogP contribution in [0.3, 0.4) is 0 Å². The van der Waals surface area contributed by atoms with Gasteiger partial charge in [0.2, 0.25) is 0 Å². The molecule has 1 heterocycles. The van der Waals surface area contributed by atoms with Crippen LogP contribution in [0.1, 0.15) is 31.9 Å². The molecule has 0 radical (unpaired) electrons.